The van der Waals surface area contributed by atoms with Gasteiger partial charge in [0.15, 0.2) is 0 Å². The van der Waals surface area contributed by atoms with Crippen LogP contribution in [0.4, 0.5) is 0 Å². The molecule has 3 N–H and O–H groups in total. The summed E-state index contributed by atoms with van der Waals surface area (Å²) in [5.41, 5.74) is 8.78. The summed E-state index contributed by atoms with van der Waals surface area (Å²) in [6.45, 7) is 12.8. The van der Waals surface area contributed by atoms with Crippen molar-refractivity contribution in [3.63, 3.8) is 0 Å². The summed E-state index contributed by atoms with van der Waals surface area (Å²) in [6, 6.07) is 9.05. The quantitative estimate of drug-likeness (QED) is 0.840. The van der Waals surface area contributed by atoms with Crippen LogP contribution in [-0.2, 0) is 12.0 Å². The van der Waals surface area contributed by atoms with Crippen molar-refractivity contribution in [3.8, 4) is 0 Å². The van der Waals surface area contributed by atoms with Gasteiger partial charge in [0.1, 0.15) is 0 Å². The normalized spacial score (nSPS) is 13.9. The van der Waals surface area contributed by atoms with Gasteiger partial charge in [-0.15, -0.1) is 0 Å². The maximum atomic E-state index is 5.80. The molecule has 0 heterocycles. The molecule has 0 aromatic heterocycles. The van der Waals surface area contributed by atoms with E-state index in [1.165, 1.54) is 11.1 Å². The highest BCUT2D eigenvalue weighted by Crippen LogP contribution is 2.25. The average Bonchev–Trinajstić information content (AvgIpc) is 2.28. The lowest BCUT2D eigenvalue weighted by atomic mass is 9.83. The third-order valence-corrected chi connectivity index (χ3v) is 3.44. The van der Waals surface area contributed by atoms with E-state index in [-0.39, 0.29) is 5.41 Å². The Bertz CT molecular complexity index is 364. The highest BCUT2D eigenvalue weighted by molar-refractivity contribution is 5.32. The van der Waals surface area contributed by atoms with E-state index in [9.17, 15) is 0 Å². The maximum Gasteiger partial charge on any atom is 0.0216 e. The van der Waals surface area contributed by atoms with Gasteiger partial charge in [0.25, 0.3) is 0 Å². The summed E-state index contributed by atoms with van der Waals surface area (Å²) in [5, 5.41) is 3.57. The third kappa shape index (κ3) is 4.11. The molecule has 18 heavy (non-hydrogen) atoms. The van der Waals surface area contributed by atoms with Crippen molar-refractivity contribution in [2.75, 3.05) is 6.54 Å². The van der Waals surface area contributed by atoms with Crippen LogP contribution >= 0.6 is 0 Å². The van der Waals surface area contributed by atoms with Gasteiger partial charge < -0.3 is 11.1 Å². The van der Waals surface area contributed by atoms with E-state index >= 15 is 0 Å². The van der Waals surface area contributed by atoms with Gasteiger partial charge in [-0.05, 0) is 22.5 Å². The molecule has 0 aliphatic heterocycles. The fraction of sp³-hybridized carbons (Fsp3) is 0.625. The van der Waals surface area contributed by atoms with E-state index in [1.54, 1.807) is 0 Å². The van der Waals surface area contributed by atoms with E-state index in [1.807, 2.05) is 0 Å². The first-order chi connectivity index (χ1) is 8.36. The van der Waals surface area contributed by atoms with Crippen LogP contribution in [0.15, 0.2) is 24.3 Å². The summed E-state index contributed by atoms with van der Waals surface area (Å²) < 4.78 is 0. The minimum Gasteiger partial charge on any atom is -0.329 e. The number of nitrogens with one attached hydrogen (secondary N) is 1. The third-order valence-electron chi connectivity index (χ3n) is 3.44. The Kier molecular flexibility index (Phi) is 5.36. The molecule has 0 bridgehead atoms. The largest absolute Gasteiger partial charge is 0.329 e. The number of nitrogens with two attached hydrogens (primary N) is 1. The van der Waals surface area contributed by atoms with Gasteiger partial charge in [0, 0.05) is 19.1 Å². The van der Waals surface area contributed by atoms with E-state index in [2.05, 4.69) is 64.2 Å². The van der Waals surface area contributed by atoms with Gasteiger partial charge in [-0.2, -0.15) is 0 Å². The number of hydrogen-bond acceptors (Lipinski definition) is 2. The molecule has 0 aliphatic rings. The van der Waals surface area contributed by atoms with Crippen LogP contribution in [-0.4, -0.2) is 12.6 Å². The molecule has 0 saturated carbocycles. The Morgan fingerprint density at radius 3 is 2.28 bits per heavy atom. The molecule has 2 nitrogen and oxygen atoms in total. The average molecular weight is 248 g/mol. The molecule has 0 fully saturated rings. The summed E-state index contributed by atoms with van der Waals surface area (Å²) in [5.74, 6) is 0.566. The Morgan fingerprint density at radius 1 is 1.17 bits per heavy atom. The molecule has 102 valence electrons. The van der Waals surface area contributed by atoms with Crippen molar-refractivity contribution in [2.45, 2.75) is 52.6 Å². The zero-order valence-corrected chi connectivity index (χ0v) is 12.5. The van der Waals surface area contributed by atoms with Crippen molar-refractivity contribution >= 4 is 0 Å². The minimum absolute atomic E-state index is 0.189. The summed E-state index contributed by atoms with van der Waals surface area (Å²) in [4.78, 5) is 0. The predicted molar refractivity (Wildman–Crippen MR) is 79.7 cm³/mol. The standard InChI is InChI=1S/C16H28N2/c1-12(2)15(10-17)18-11-13-8-6-7-9-14(13)16(3,4)5/h6-9,12,15,18H,10-11,17H2,1-5H3. The van der Waals surface area contributed by atoms with Crippen LogP contribution in [0.25, 0.3) is 0 Å². The number of hydrogen-bond donors (Lipinski definition) is 2. The molecule has 0 spiro atoms. The van der Waals surface area contributed by atoms with Gasteiger partial charge in [-0.1, -0.05) is 58.9 Å². The molecule has 1 aromatic carbocycles. The molecule has 0 aliphatic carbocycles. The van der Waals surface area contributed by atoms with Crippen molar-refractivity contribution in [1.82, 2.24) is 5.32 Å². The molecule has 0 radical (unpaired) electrons. The summed E-state index contributed by atoms with van der Waals surface area (Å²) in [6.07, 6.45) is 0. The number of benzene rings is 1. The first-order valence-corrected chi connectivity index (χ1v) is 6.88. The fourth-order valence-corrected chi connectivity index (χ4v) is 2.24. The lowest BCUT2D eigenvalue weighted by Crippen LogP contribution is -2.40. The second-order valence-corrected chi connectivity index (χ2v) is 6.37. The summed E-state index contributed by atoms with van der Waals surface area (Å²) >= 11 is 0. The van der Waals surface area contributed by atoms with Crippen LogP contribution in [0.5, 0.6) is 0 Å². The van der Waals surface area contributed by atoms with Crippen LogP contribution in [0, 0.1) is 5.92 Å². The molecule has 2 heteroatoms. The Hall–Kier alpha value is -0.860. The minimum atomic E-state index is 0.189. The monoisotopic (exact) mass is 248 g/mol. The van der Waals surface area contributed by atoms with Gasteiger partial charge in [0.2, 0.25) is 0 Å². The van der Waals surface area contributed by atoms with Gasteiger partial charge >= 0.3 is 0 Å². The summed E-state index contributed by atoms with van der Waals surface area (Å²) in [7, 11) is 0. The molecule has 1 atom stereocenters. The van der Waals surface area contributed by atoms with E-state index in [4.69, 9.17) is 5.73 Å². The van der Waals surface area contributed by atoms with Gasteiger partial charge in [0.05, 0.1) is 0 Å². The Morgan fingerprint density at radius 2 is 1.78 bits per heavy atom. The topological polar surface area (TPSA) is 38.0 Å². The van der Waals surface area contributed by atoms with Crippen LogP contribution in [0.1, 0.15) is 45.7 Å². The van der Waals surface area contributed by atoms with Crippen molar-refractivity contribution in [3.05, 3.63) is 35.4 Å². The predicted octanol–water partition coefficient (Wildman–Crippen LogP) is 3.06. The SMILES string of the molecule is CC(C)C(CN)NCc1ccccc1C(C)(C)C. The first-order valence-electron chi connectivity index (χ1n) is 6.88. The fourth-order valence-electron chi connectivity index (χ4n) is 2.24. The highest BCUT2D eigenvalue weighted by Gasteiger charge is 2.18. The molecular weight excluding hydrogens is 220 g/mol. The zero-order chi connectivity index (χ0) is 13.8. The second kappa shape index (κ2) is 6.35. The smallest absolute Gasteiger partial charge is 0.0216 e. The molecule has 1 unspecified atom stereocenters. The molecular formula is C16H28N2. The molecule has 1 aromatic rings. The molecule has 0 amide bonds. The molecule has 0 saturated heterocycles. The van der Waals surface area contributed by atoms with Crippen molar-refractivity contribution < 1.29 is 0 Å². The zero-order valence-electron chi connectivity index (χ0n) is 12.5. The van der Waals surface area contributed by atoms with Crippen LogP contribution in [0.3, 0.4) is 0 Å². The lowest BCUT2D eigenvalue weighted by molar-refractivity contribution is 0.403. The maximum absolute atomic E-state index is 5.80. The van der Waals surface area contributed by atoms with E-state index in [0.717, 1.165) is 6.54 Å². The highest BCUT2D eigenvalue weighted by atomic mass is 14.9. The van der Waals surface area contributed by atoms with Crippen LogP contribution in [0.2, 0.25) is 0 Å². The van der Waals surface area contributed by atoms with E-state index < -0.39 is 0 Å². The van der Waals surface area contributed by atoms with E-state index in [0.29, 0.717) is 18.5 Å². The lowest BCUT2D eigenvalue weighted by Gasteiger charge is -2.25. The molecule has 1 rings (SSSR count). The van der Waals surface area contributed by atoms with Crippen molar-refractivity contribution in [1.29, 1.82) is 0 Å². The second-order valence-electron chi connectivity index (χ2n) is 6.37. The van der Waals surface area contributed by atoms with Gasteiger partial charge in [-0.25, -0.2) is 0 Å². The van der Waals surface area contributed by atoms with Crippen molar-refractivity contribution in [2.24, 2.45) is 11.7 Å². The van der Waals surface area contributed by atoms with Crippen LogP contribution < -0.4 is 11.1 Å². The first kappa shape index (κ1) is 15.2. The Labute approximate surface area is 112 Å². The Balaban J connectivity index is 2.79. The number of rotatable bonds is 5. The van der Waals surface area contributed by atoms with Gasteiger partial charge in [-0.3, -0.25) is 0 Å².